The maximum atomic E-state index is 13.5. The highest BCUT2D eigenvalue weighted by molar-refractivity contribution is 7.89. The Hall–Kier alpha value is -2.27. The van der Waals surface area contributed by atoms with Gasteiger partial charge in [0.25, 0.3) is 5.91 Å². The number of carbonyl (C=O) groups is 2. The molecule has 0 heterocycles. The molecule has 0 unspecified atom stereocenters. The molecule has 0 aliphatic carbocycles. The zero-order chi connectivity index (χ0) is 21.8. The lowest BCUT2D eigenvalue weighted by Gasteiger charge is -2.14. The zero-order valence-electron chi connectivity index (χ0n) is 14.7. The first-order chi connectivity index (χ1) is 13.5. The van der Waals surface area contributed by atoms with Crippen LogP contribution in [0.15, 0.2) is 41.3 Å². The van der Waals surface area contributed by atoms with Crippen LogP contribution in [0.5, 0.6) is 0 Å². The van der Waals surface area contributed by atoms with Gasteiger partial charge in [0.1, 0.15) is 17.7 Å². The van der Waals surface area contributed by atoms with Crippen molar-refractivity contribution in [1.29, 1.82) is 0 Å². The first kappa shape index (κ1) is 23.0. The Kier molecular flexibility index (Phi) is 7.53. The van der Waals surface area contributed by atoms with E-state index in [2.05, 4.69) is 10.0 Å². The largest absolute Gasteiger partial charge is 0.454 e. The van der Waals surface area contributed by atoms with Gasteiger partial charge in [-0.1, -0.05) is 23.2 Å². The van der Waals surface area contributed by atoms with E-state index >= 15 is 0 Å². The Morgan fingerprint density at radius 2 is 1.79 bits per heavy atom. The lowest BCUT2D eigenvalue weighted by molar-refractivity contribution is -0.148. The van der Waals surface area contributed by atoms with Gasteiger partial charge in [-0.15, -0.1) is 0 Å². The van der Waals surface area contributed by atoms with Crippen LogP contribution in [0, 0.1) is 11.6 Å². The fourth-order valence-electron chi connectivity index (χ4n) is 2.03. The van der Waals surface area contributed by atoms with Gasteiger partial charge in [-0.05, 0) is 37.3 Å². The Morgan fingerprint density at radius 3 is 2.41 bits per heavy atom. The molecule has 12 heteroatoms. The number of sulfonamides is 1. The molecule has 0 spiro atoms. The third-order valence-electron chi connectivity index (χ3n) is 3.44. The second-order valence-corrected chi connectivity index (χ2v) is 8.23. The zero-order valence-corrected chi connectivity index (χ0v) is 17.0. The van der Waals surface area contributed by atoms with Gasteiger partial charge in [0.2, 0.25) is 10.0 Å². The van der Waals surface area contributed by atoms with E-state index in [0.717, 1.165) is 18.2 Å². The number of anilines is 1. The van der Waals surface area contributed by atoms with Crippen molar-refractivity contribution in [2.45, 2.75) is 17.9 Å². The molecule has 0 fully saturated rings. The number of benzene rings is 2. The van der Waals surface area contributed by atoms with E-state index in [4.69, 9.17) is 27.9 Å². The third kappa shape index (κ3) is 6.36. The first-order valence-electron chi connectivity index (χ1n) is 7.88. The van der Waals surface area contributed by atoms with Gasteiger partial charge in [0.05, 0.1) is 20.6 Å². The topological polar surface area (TPSA) is 102 Å². The van der Waals surface area contributed by atoms with Crippen LogP contribution in [-0.4, -0.2) is 32.9 Å². The fourth-order valence-corrected chi connectivity index (χ4v) is 3.61. The van der Waals surface area contributed by atoms with Crippen LogP contribution in [0.3, 0.4) is 0 Å². The van der Waals surface area contributed by atoms with Crippen molar-refractivity contribution in [1.82, 2.24) is 4.72 Å². The molecular weight excluding hydrogens is 453 g/mol. The number of nitrogens with one attached hydrogen (secondary N) is 2. The predicted octanol–water partition coefficient (Wildman–Crippen LogP) is 3.12. The molecule has 156 valence electrons. The van der Waals surface area contributed by atoms with Crippen LogP contribution in [0.4, 0.5) is 14.5 Å². The average molecular weight is 467 g/mol. The van der Waals surface area contributed by atoms with Gasteiger partial charge in [-0.3, -0.25) is 9.59 Å². The summed E-state index contributed by atoms with van der Waals surface area (Å²) in [6.07, 6.45) is 0. The molecule has 0 aliphatic heterocycles. The normalized spacial score (nSPS) is 12.3. The number of esters is 1. The molecule has 0 aromatic heterocycles. The maximum Gasteiger partial charge on any atom is 0.324 e. The minimum absolute atomic E-state index is 0.00877. The predicted molar refractivity (Wildman–Crippen MR) is 102 cm³/mol. The molecule has 2 rings (SSSR count). The first-order valence-corrected chi connectivity index (χ1v) is 10.1. The highest BCUT2D eigenvalue weighted by Gasteiger charge is 2.24. The summed E-state index contributed by atoms with van der Waals surface area (Å²) in [5, 5.41) is 2.26. The van der Waals surface area contributed by atoms with E-state index in [1.54, 1.807) is 0 Å². The van der Waals surface area contributed by atoms with Gasteiger partial charge < -0.3 is 10.1 Å². The van der Waals surface area contributed by atoms with Crippen molar-refractivity contribution >= 4 is 50.8 Å². The Morgan fingerprint density at radius 1 is 1.10 bits per heavy atom. The highest BCUT2D eigenvalue weighted by atomic mass is 35.5. The van der Waals surface area contributed by atoms with Crippen LogP contribution in [0.2, 0.25) is 10.0 Å². The van der Waals surface area contributed by atoms with Crippen molar-refractivity contribution in [3.05, 3.63) is 58.1 Å². The summed E-state index contributed by atoms with van der Waals surface area (Å²) >= 11 is 11.5. The maximum absolute atomic E-state index is 13.5. The summed E-state index contributed by atoms with van der Waals surface area (Å²) in [5.41, 5.74) is -0.305. The number of carbonyl (C=O) groups excluding carboxylic acids is 2. The van der Waals surface area contributed by atoms with Crippen molar-refractivity contribution < 1.29 is 31.5 Å². The molecule has 0 saturated heterocycles. The van der Waals surface area contributed by atoms with Crippen LogP contribution in [0.1, 0.15) is 6.92 Å². The molecule has 0 saturated carbocycles. The van der Waals surface area contributed by atoms with Gasteiger partial charge in [-0.25, -0.2) is 17.2 Å². The molecule has 29 heavy (non-hydrogen) atoms. The van der Waals surface area contributed by atoms with E-state index in [-0.39, 0.29) is 20.6 Å². The van der Waals surface area contributed by atoms with Crippen LogP contribution in [0.25, 0.3) is 0 Å². The fraction of sp³-hybridized carbons (Fsp3) is 0.176. The summed E-state index contributed by atoms with van der Waals surface area (Å²) in [5.74, 6) is -3.78. The van der Waals surface area contributed by atoms with E-state index in [0.29, 0.717) is 6.07 Å². The summed E-state index contributed by atoms with van der Waals surface area (Å²) in [6.45, 7) is 0.392. The number of halogens is 4. The van der Waals surface area contributed by atoms with Crippen LogP contribution in [-0.2, 0) is 24.3 Å². The molecule has 2 N–H and O–H groups in total. The summed E-state index contributed by atoms with van der Waals surface area (Å²) in [4.78, 5) is 23.5. The number of ether oxygens (including phenoxy) is 1. The quantitative estimate of drug-likeness (QED) is 0.610. The molecule has 0 radical (unpaired) electrons. The highest BCUT2D eigenvalue weighted by Crippen LogP contribution is 2.24. The Labute approximate surface area is 175 Å². The standard InChI is InChI=1S/C17H14Cl2F2N2O5S/c1-9(23-29(26,27)11-3-4-12(18)13(19)7-11)17(25)28-8-16(24)22-15-5-2-10(20)6-14(15)21/h2-7,9,23H,8H2,1H3,(H,22,24)/t9-/m1/s1. The molecule has 1 atom stereocenters. The average Bonchev–Trinajstić information content (AvgIpc) is 2.63. The van der Waals surface area contributed by atoms with Crippen molar-refractivity contribution in [3.8, 4) is 0 Å². The van der Waals surface area contributed by atoms with Gasteiger partial charge in [0.15, 0.2) is 6.61 Å². The molecule has 2 aromatic rings. The minimum Gasteiger partial charge on any atom is -0.454 e. The van der Waals surface area contributed by atoms with Gasteiger partial charge in [-0.2, -0.15) is 4.72 Å². The Balaban J connectivity index is 1.92. The summed E-state index contributed by atoms with van der Waals surface area (Å²) in [7, 11) is -4.12. The smallest absolute Gasteiger partial charge is 0.324 e. The SMILES string of the molecule is C[C@@H](NS(=O)(=O)c1ccc(Cl)c(Cl)c1)C(=O)OCC(=O)Nc1ccc(F)cc1F. The van der Waals surface area contributed by atoms with E-state index in [1.807, 2.05) is 0 Å². The van der Waals surface area contributed by atoms with Crippen molar-refractivity contribution in [2.24, 2.45) is 0 Å². The number of amides is 1. The van der Waals surface area contributed by atoms with Crippen LogP contribution < -0.4 is 10.0 Å². The second kappa shape index (κ2) is 9.49. The number of hydrogen-bond donors (Lipinski definition) is 2. The second-order valence-electron chi connectivity index (χ2n) is 5.70. The van der Waals surface area contributed by atoms with Gasteiger partial charge >= 0.3 is 5.97 Å². The minimum atomic E-state index is -4.12. The number of hydrogen-bond acceptors (Lipinski definition) is 5. The number of rotatable bonds is 7. The van der Waals surface area contributed by atoms with Crippen LogP contribution >= 0.6 is 23.2 Å². The van der Waals surface area contributed by atoms with Crippen molar-refractivity contribution in [2.75, 3.05) is 11.9 Å². The summed E-state index contributed by atoms with van der Waals surface area (Å²) < 4.78 is 57.7. The molecule has 0 bridgehead atoms. The third-order valence-corrected chi connectivity index (χ3v) is 5.72. The molecular formula is C17H14Cl2F2N2O5S. The Bertz CT molecular complexity index is 1050. The summed E-state index contributed by atoms with van der Waals surface area (Å²) in [6, 6.07) is 4.74. The van der Waals surface area contributed by atoms with E-state index < -0.39 is 46.2 Å². The molecule has 0 aliphatic rings. The monoisotopic (exact) mass is 466 g/mol. The lowest BCUT2D eigenvalue weighted by Crippen LogP contribution is -2.40. The van der Waals surface area contributed by atoms with E-state index in [1.165, 1.54) is 19.1 Å². The molecule has 2 aromatic carbocycles. The van der Waals surface area contributed by atoms with E-state index in [9.17, 15) is 26.8 Å². The molecule has 1 amide bonds. The lowest BCUT2D eigenvalue weighted by atomic mass is 10.3. The van der Waals surface area contributed by atoms with Crippen molar-refractivity contribution in [3.63, 3.8) is 0 Å². The molecule has 7 nitrogen and oxygen atoms in total. The van der Waals surface area contributed by atoms with Gasteiger partial charge in [0, 0.05) is 6.07 Å².